The third-order valence-electron chi connectivity index (χ3n) is 4.34. The van der Waals surface area contributed by atoms with Gasteiger partial charge in [0.05, 0.1) is 5.92 Å². The Hall–Kier alpha value is -1.91. The van der Waals surface area contributed by atoms with Gasteiger partial charge >= 0.3 is 11.9 Å². The fraction of sp³-hybridized carbons (Fsp3) is 0.529. The Labute approximate surface area is 129 Å². The molecule has 1 aromatic carbocycles. The first-order valence-corrected chi connectivity index (χ1v) is 7.57. The minimum Gasteiger partial charge on any atom is -0.481 e. The zero-order chi connectivity index (χ0) is 16.3. The van der Waals surface area contributed by atoms with Crippen molar-refractivity contribution >= 4 is 11.9 Å². The molecule has 22 heavy (non-hydrogen) atoms. The van der Waals surface area contributed by atoms with E-state index in [1.54, 1.807) is 12.1 Å². The van der Waals surface area contributed by atoms with Gasteiger partial charge in [-0.15, -0.1) is 0 Å². The SMILES string of the molecule is CC(=O)O[C@H]1CCC[C@@H]1Cc1ccc([C@H](C)C(=O)O)cc1F. The molecule has 0 saturated heterocycles. The van der Waals surface area contributed by atoms with Crippen LogP contribution < -0.4 is 0 Å². The number of benzene rings is 1. The van der Waals surface area contributed by atoms with Crippen LogP contribution in [0.25, 0.3) is 0 Å². The molecule has 120 valence electrons. The molecule has 0 aliphatic heterocycles. The van der Waals surface area contributed by atoms with Crippen molar-refractivity contribution in [2.24, 2.45) is 5.92 Å². The summed E-state index contributed by atoms with van der Waals surface area (Å²) in [7, 11) is 0. The second-order valence-electron chi connectivity index (χ2n) is 5.95. The van der Waals surface area contributed by atoms with Crippen LogP contribution in [0.3, 0.4) is 0 Å². The van der Waals surface area contributed by atoms with Crippen LogP contribution in [-0.2, 0) is 20.7 Å². The van der Waals surface area contributed by atoms with Crippen molar-refractivity contribution < 1.29 is 23.8 Å². The van der Waals surface area contributed by atoms with Gasteiger partial charge in [0.15, 0.2) is 0 Å². The van der Waals surface area contributed by atoms with Crippen LogP contribution in [0.5, 0.6) is 0 Å². The molecule has 1 fully saturated rings. The predicted octanol–water partition coefficient (Wildman–Crippen LogP) is 3.29. The third kappa shape index (κ3) is 3.84. The van der Waals surface area contributed by atoms with Crippen LogP contribution in [0, 0.1) is 11.7 Å². The summed E-state index contributed by atoms with van der Waals surface area (Å²) < 4.78 is 19.5. The Morgan fingerprint density at radius 1 is 1.41 bits per heavy atom. The zero-order valence-corrected chi connectivity index (χ0v) is 12.8. The van der Waals surface area contributed by atoms with Gasteiger partial charge in [0.1, 0.15) is 11.9 Å². The number of carboxylic acid groups (broad SMARTS) is 1. The first-order chi connectivity index (χ1) is 10.4. The minimum atomic E-state index is -0.974. The Morgan fingerprint density at radius 3 is 2.73 bits per heavy atom. The second kappa shape index (κ2) is 6.90. The Bertz CT molecular complexity index is 570. The van der Waals surface area contributed by atoms with E-state index in [1.165, 1.54) is 19.9 Å². The van der Waals surface area contributed by atoms with Crippen LogP contribution in [0.1, 0.15) is 50.2 Å². The number of carboxylic acids is 1. The normalized spacial score (nSPS) is 22.3. The molecule has 3 atom stereocenters. The predicted molar refractivity (Wildman–Crippen MR) is 79.0 cm³/mol. The summed E-state index contributed by atoms with van der Waals surface area (Å²) in [6, 6.07) is 4.60. The summed E-state index contributed by atoms with van der Waals surface area (Å²) in [6.07, 6.45) is 3.06. The molecule has 2 rings (SSSR count). The third-order valence-corrected chi connectivity index (χ3v) is 4.34. The molecule has 0 bridgehead atoms. The van der Waals surface area contributed by atoms with Gasteiger partial charge in [-0.05, 0) is 49.8 Å². The first-order valence-electron chi connectivity index (χ1n) is 7.57. The van der Waals surface area contributed by atoms with Crippen molar-refractivity contribution in [3.8, 4) is 0 Å². The van der Waals surface area contributed by atoms with Crippen LogP contribution in [0.15, 0.2) is 18.2 Å². The number of aliphatic carboxylic acids is 1. The first kappa shape index (κ1) is 16.5. The summed E-state index contributed by atoms with van der Waals surface area (Å²) in [4.78, 5) is 22.0. The van der Waals surface area contributed by atoms with Gasteiger partial charge in [-0.1, -0.05) is 12.1 Å². The maximum absolute atomic E-state index is 14.2. The molecule has 4 nitrogen and oxygen atoms in total. The molecule has 1 aromatic rings. The van der Waals surface area contributed by atoms with Crippen LogP contribution >= 0.6 is 0 Å². The highest BCUT2D eigenvalue weighted by molar-refractivity contribution is 5.75. The second-order valence-corrected chi connectivity index (χ2v) is 5.95. The average Bonchev–Trinajstić information content (AvgIpc) is 2.86. The highest BCUT2D eigenvalue weighted by Crippen LogP contribution is 2.32. The van der Waals surface area contributed by atoms with Gasteiger partial charge in [-0.25, -0.2) is 4.39 Å². The average molecular weight is 308 g/mol. The van der Waals surface area contributed by atoms with Crippen molar-refractivity contribution in [3.05, 3.63) is 35.1 Å². The highest BCUT2D eigenvalue weighted by atomic mass is 19.1. The minimum absolute atomic E-state index is 0.126. The van der Waals surface area contributed by atoms with Crippen molar-refractivity contribution in [1.82, 2.24) is 0 Å². The fourth-order valence-corrected chi connectivity index (χ4v) is 3.03. The molecule has 0 spiro atoms. The van der Waals surface area contributed by atoms with Gasteiger partial charge in [0.2, 0.25) is 0 Å². The number of carbonyl (C=O) groups excluding carboxylic acids is 1. The van der Waals surface area contributed by atoms with Gasteiger partial charge in [-0.2, -0.15) is 0 Å². The van der Waals surface area contributed by atoms with Gasteiger partial charge < -0.3 is 9.84 Å². The number of ether oxygens (including phenoxy) is 1. The number of esters is 1. The molecule has 0 aromatic heterocycles. The molecule has 5 heteroatoms. The standard InChI is InChI=1S/C17H21FO4/c1-10(17(20)21)12-6-7-13(15(18)9-12)8-14-4-3-5-16(14)22-11(2)19/h6-7,9-10,14,16H,3-5,8H2,1-2H3,(H,20,21)/t10-,14+,16-/m0/s1. The number of rotatable bonds is 5. The van der Waals surface area contributed by atoms with Crippen LogP contribution in [0.4, 0.5) is 4.39 Å². The largest absolute Gasteiger partial charge is 0.481 e. The molecule has 1 aliphatic rings. The van der Waals surface area contributed by atoms with Gasteiger partial charge in [0, 0.05) is 12.8 Å². The molecule has 1 aliphatic carbocycles. The van der Waals surface area contributed by atoms with Crippen molar-refractivity contribution in [2.45, 2.75) is 51.6 Å². The van der Waals surface area contributed by atoms with Crippen molar-refractivity contribution in [2.75, 3.05) is 0 Å². The lowest BCUT2D eigenvalue weighted by atomic mass is 9.93. The summed E-state index contributed by atoms with van der Waals surface area (Å²) in [5.41, 5.74) is 1.00. The monoisotopic (exact) mass is 308 g/mol. The van der Waals surface area contributed by atoms with E-state index >= 15 is 0 Å². The Kier molecular flexibility index (Phi) is 5.16. The number of halogens is 1. The van der Waals surface area contributed by atoms with Crippen LogP contribution in [0.2, 0.25) is 0 Å². The van der Waals surface area contributed by atoms with Gasteiger partial charge in [-0.3, -0.25) is 9.59 Å². The molecule has 0 radical (unpaired) electrons. The smallest absolute Gasteiger partial charge is 0.310 e. The maximum atomic E-state index is 14.2. The molecule has 1 N–H and O–H groups in total. The van der Waals surface area contributed by atoms with Gasteiger partial charge in [0.25, 0.3) is 0 Å². The molecule has 0 heterocycles. The van der Waals surface area contributed by atoms with Crippen molar-refractivity contribution in [1.29, 1.82) is 0 Å². The summed E-state index contributed by atoms with van der Waals surface area (Å²) in [6.45, 7) is 2.92. The lowest BCUT2D eigenvalue weighted by molar-refractivity contribution is -0.148. The van der Waals surface area contributed by atoms with E-state index in [-0.39, 0.29) is 23.8 Å². The Balaban J connectivity index is 2.10. The fourth-order valence-electron chi connectivity index (χ4n) is 3.03. The zero-order valence-electron chi connectivity index (χ0n) is 12.8. The van der Waals surface area contributed by atoms with E-state index in [1.807, 2.05) is 0 Å². The summed E-state index contributed by atoms with van der Waals surface area (Å²) in [5.74, 6) is -2.27. The molecule has 1 saturated carbocycles. The number of hydrogen-bond acceptors (Lipinski definition) is 3. The summed E-state index contributed by atoms with van der Waals surface area (Å²) in [5, 5.41) is 8.97. The molecule has 0 amide bonds. The topological polar surface area (TPSA) is 63.6 Å². The summed E-state index contributed by atoms with van der Waals surface area (Å²) >= 11 is 0. The van der Waals surface area contributed by atoms with E-state index in [0.717, 1.165) is 19.3 Å². The number of hydrogen-bond donors (Lipinski definition) is 1. The maximum Gasteiger partial charge on any atom is 0.310 e. The van der Waals surface area contributed by atoms with E-state index in [2.05, 4.69) is 0 Å². The van der Waals surface area contributed by atoms with E-state index < -0.39 is 11.9 Å². The van der Waals surface area contributed by atoms with E-state index in [9.17, 15) is 14.0 Å². The molecular formula is C17H21FO4. The van der Waals surface area contributed by atoms with E-state index in [0.29, 0.717) is 17.5 Å². The van der Waals surface area contributed by atoms with E-state index in [4.69, 9.17) is 9.84 Å². The highest BCUT2D eigenvalue weighted by Gasteiger charge is 2.30. The molecule has 0 unspecified atom stereocenters. The van der Waals surface area contributed by atoms with Crippen LogP contribution in [-0.4, -0.2) is 23.1 Å². The number of carbonyl (C=O) groups is 2. The lowest BCUT2D eigenvalue weighted by Gasteiger charge is -2.20. The molecular weight excluding hydrogens is 287 g/mol. The Morgan fingerprint density at radius 2 is 2.14 bits per heavy atom. The quantitative estimate of drug-likeness (QED) is 0.848. The lowest BCUT2D eigenvalue weighted by Crippen LogP contribution is -2.22. The van der Waals surface area contributed by atoms with Crippen molar-refractivity contribution in [3.63, 3.8) is 0 Å².